The van der Waals surface area contributed by atoms with Gasteiger partial charge in [0.25, 0.3) is 0 Å². The van der Waals surface area contributed by atoms with Gasteiger partial charge in [-0.3, -0.25) is 4.99 Å². The van der Waals surface area contributed by atoms with Gasteiger partial charge in [0.2, 0.25) is 0 Å². The molecule has 0 aliphatic heterocycles. The zero-order valence-electron chi connectivity index (χ0n) is 15.0. The van der Waals surface area contributed by atoms with Gasteiger partial charge in [-0.25, -0.2) is 0 Å². The van der Waals surface area contributed by atoms with Gasteiger partial charge in [0, 0.05) is 45.0 Å². The molecular formula is C18H29IN4O. The predicted octanol–water partition coefficient (Wildman–Crippen LogP) is 3.65. The molecule has 0 aliphatic rings. The van der Waals surface area contributed by atoms with Crippen LogP contribution < -0.4 is 5.32 Å². The van der Waals surface area contributed by atoms with Crippen molar-refractivity contribution in [1.82, 2.24) is 14.8 Å². The molecule has 0 amide bonds. The van der Waals surface area contributed by atoms with Crippen molar-refractivity contribution in [1.29, 1.82) is 0 Å². The summed E-state index contributed by atoms with van der Waals surface area (Å²) in [5.74, 6) is 1.91. The molecule has 2 aromatic rings. The molecule has 2 aromatic heterocycles. The Bertz CT molecular complexity index is 606. The quantitative estimate of drug-likeness (QED) is 0.403. The minimum absolute atomic E-state index is 0. The molecule has 0 spiro atoms. The molecule has 0 bridgehead atoms. The molecule has 1 N–H and O–H groups in total. The van der Waals surface area contributed by atoms with E-state index in [4.69, 9.17) is 9.41 Å². The first-order valence-electron chi connectivity index (χ1n) is 8.24. The van der Waals surface area contributed by atoms with Gasteiger partial charge in [0.1, 0.15) is 5.76 Å². The molecule has 1 atom stereocenters. The highest BCUT2D eigenvalue weighted by molar-refractivity contribution is 14.0. The summed E-state index contributed by atoms with van der Waals surface area (Å²) >= 11 is 0. The highest BCUT2D eigenvalue weighted by atomic mass is 127. The Morgan fingerprint density at radius 2 is 2.17 bits per heavy atom. The largest absolute Gasteiger partial charge is 0.469 e. The molecule has 0 aliphatic carbocycles. The minimum atomic E-state index is 0. The summed E-state index contributed by atoms with van der Waals surface area (Å²) in [6.45, 7) is 5.89. The van der Waals surface area contributed by atoms with Gasteiger partial charge in [0.05, 0.1) is 12.8 Å². The second-order valence-electron chi connectivity index (χ2n) is 5.95. The van der Waals surface area contributed by atoms with Crippen molar-refractivity contribution in [2.45, 2.75) is 39.3 Å². The van der Waals surface area contributed by atoms with Crippen LogP contribution in [0.2, 0.25) is 0 Å². The van der Waals surface area contributed by atoms with Crippen LogP contribution >= 0.6 is 24.0 Å². The molecule has 6 heteroatoms. The predicted molar refractivity (Wildman–Crippen MR) is 110 cm³/mol. The molecule has 0 saturated carbocycles. The first-order valence-corrected chi connectivity index (χ1v) is 8.24. The Hall–Kier alpha value is -1.44. The van der Waals surface area contributed by atoms with E-state index in [1.54, 1.807) is 6.26 Å². The van der Waals surface area contributed by atoms with Crippen molar-refractivity contribution in [3.05, 3.63) is 48.2 Å². The number of nitrogens with zero attached hydrogens (tertiary/aromatic N) is 3. The van der Waals surface area contributed by atoms with E-state index < -0.39 is 0 Å². The van der Waals surface area contributed by atoms with Gasteiger partial charge in [-0.1, -0.05) is 6.92 Å². The van der Waals surface area contributed by atoms with Crippen molar-refractivity contribution in [2.24, 2.45) is 12.0 Å². The molecule has 0 radical (unpaired) electrons. The molecular weight excluding hydrogens is 415 g/mol. The second-order valence-corrected chi connectivity index (χ2v) is 5.95. The number of nitrogens with one attached hydrogen (secondary N) is 1. The molecule has 134 valence electrons. The molecule has 2 rings (SSSR count). The Kier molecular flexibility index (Phi) is 8.95. The highest BCUT2D eigenvalue weighted by Crippen LogP contribution is 2.05. The monoisotopic (exact) mass is 444 g/mol. The van der Waals surface area contributed by atoms with E-state index in [0.29, 0.717) is 12.6 Å². The van der Waals surface area contributed by atoms with Crippen LogP contribution in [0.4, 0.5) is 0 Å². The summed E-state index contributed by atoms with van der Waals surface area (Å²) in [5, 5.41) is 3.51. The van der Waals surface area contributed by atoms with Crippen LogP contribution in [-0.2, 0) is 20.0 Å². The Morgan fingerprint density at radius 3 is 2.75 bits per heavy atom. The lowest BCUT2D eigenvalue weighted by Gasteiger charge is -2.25. The number of aryl methyl sites for hydroxylation is 1. The number of halogens is 1. The summed E-state index contributed by atoms with van der Waals surface area (Å²) in [4.78, 5) is 6.93. The van der Waals surface area contributed by atoms with Crippen LogP contribution in [-0.4, -0.2) is 35.1 Å². The van der Waals surface area contributed by atoms with Crippen LogP contribution in [0.1, 0.15) is 31.7 Å². The third kappa shape index (κ3) is 6.22. The normalized spacial score (nSPS) is 12.6. The average molecular weight is 444 g/mol. The van der Waals surface area contributed by atoms with Crippen LogP contribution in [0.25, 0.3) is 0 Å². The number of hydrogen-bond donors (Lipinski definition) is 1. The maximum atomic E-state index is 5.37. The topological polar surface area (TPSA) is 45.7 Å². The van der Waals surface area contributed by atoms with Crippen molar-refractivity contribution < 1.29 is 4.42 Å². The third-order valence-electron chi connectivity index (χ3n) is 4.00. The van der Waals surface area contributed by atoms with Crippen LogP contribution in [0.5, 0.6) is 0 Å². The van der Waals surface area contributed by atoms with Gasteiger partial charge in [-0.2, -0.15) is 0 Å². The Balaban J connectivity index is 0.00000288. The van der Waals surface area contributed by atoms with Gasteiger partial charge in [-0.05, 0) is 37.6 Å². The summed E-state index contributed by atoms with van der Waals surface area (Å²) in [7, 11) is 4.15. The van der Waals surface area contributed by atoms with E-state index in [-0.39, 0.29) is 24.0 Å². The molecule has 1 unspecified atom stereocenters. The molecule has 0 aromatic carbocycles. The van der Waals surface area contributed by atoms with Crippen LogP contribution in [0.3, 0.4) is 0 Å². The first kappa shape index (κ1) is 20.6. The maximum Gasteiger partial charge on any atom is 0.194 e. The number of furan rings is 1. The molecule has 5 nitrogen and oxygen atoms in total. The number of rotatable bonds is 7. The fourth-order valence-corrected chi connectivity index (χ4v) is 2.30. The smallest absolute Gasteiger partial charge is 0.194 e. The van der Waals surface area contributed by atoms with E-state index in [9.17, 15) is 0 Å². The molecule has 2 heterocycles. The van der Waals surface area contributed by atoms with Gasteiger partial charge >= 0.3 is 0 Å². The zero-order valence-corrected chi connectivity index (χ0v) is 17.4. The van der Waals surface area contributed by atoms with Crippen molar-refractivity contribution in [3.8, 4) is 0 Å². The summed E-state index contributed by atoms with van der Waals surface area (Å²) < 4.78 is 7.51. The van der Waals surface area contributed by atoms with Crippen molar-refractivity contribution >= 4 is 29.9 Å². The second kappa shape index (κ2) is 10.4. The van der Waals surface area contributed by atoms with Crippen LogP contribution in [0, 0.1) is 0 Å². The van der Waals surface area contributed by atoms with E-state index in [2.05, 4.69) is 61.1 Å². The fraction of sp³-hybridized carbons (Fsp3) is 0.500. The van der Waals surface area contributed by atoms with E-state index in [1.807, 2.05) is 12.1 Å². The van der Waals surface area contributed by atoms with Gasteiger partial charge in [-0.15, -0.1) is 24.0 Å². The lowest BCUT2D eigenvalue weighted by Crippen LogP contribution is -2.43. The van der Waals surface area contributed by atoms with Crippen molar-refractivity contribution in [2.75, 3.05) is 13.6 Å². The van der Waals surface area contributed by atoms with Gasteiger partial charge in [0.15, 0.2) is 5.96 Å². The summed E-state index contributed by atoms with van der Waals surface area (Å²) in [6.07, 6.45) is 5.66. The summed E-state index contributed by atoms with van der Waals surface area (Å²) in [6, 6.07) is 8.51. The average Bonchev–Trinajstić information content (AvgIpc) is 3.18. The Morgan fingerprint density at radius 1 is 1.38 bits per heavy atom. The molecule has 0 saturated heterocycles. The van der Waals surface area contributed by atoms with E-state index in [0.717, 1.165) is 31.1 Å². The molecule has 0 fully saturated rings. The first-order chi connectivity index (χ1) is 11.1. The maximum absolute atomic E-state index is 5.37. The highest BCUT2D eigenvalue weighted by Gasteiger charge is 2.11. The fourth-order valence-electron chi connectivity index (χ4n) is 2.30. The van der Waals surface area contributed by atoms with E-state index >= 15 is 0 Å². The van der Waals surface area contributed by atoms with Crippen LogP contribution in [0.15, 0.2) is 46.1 Å². The number of aliphatic imine (C=N–C) groups is 1. The minimum Gasteiger partial charge on any atom is -0.469 e. The molecule has 24 heavy (non-hydrogen) atoms. The lowest BCUT2D eigenvalue weighted by atomic mass is 10.2. The standard InChI is InChI=1S/C18H28N4O.HI/c1-5-15(2)20-18(19-11-10-17-9-7-13-23-17)22(4)14-16-8-6-12-21(16)3;/h6-9,12-13,15H,5,10-11,14H2,1-4H3,(H,19,20);1H. The Labute approximate surface area is 162 Å². The van der Waals surface area contributed by atoms with Crippen molar-refractivity contribution in [3.63, 3.8) is 0 Å². The SMILES string of the molecule is CCC(C)NC(=NCCc1ccco1)N(C)Cc1cccn1C.I. The number of guanidine groups is 1. The number of aromatic nitrogens is 1. The lowest BCUT2D eigenvalue weighted by molar-refractivity contribution is 0.446. The van der Waals surface area contributed by atoms with E-state index in [1.165, 1.54) is 5.69 Å². The third-order valence-corrected chi connectivity index (χ3v) is 4.00. The zero-order chi connectivity index (χ0) is 16.7. The summed E-state index contributed by atoms with van der Waals surface area (Å²) in [5.41, 5.74) is 1.26. The van der Waals surface area contributed by atoms with Gasteiger partial charge < -0.3 is 19.2 Å². The number of hydrogen-bond acceptors (Lipinski definition) is 2.